The third-order valence-electron chi connectivity index (χ3n) is 1.38. The number of carbonyl (C=O) groups excluding carboxylic acids is 1. The molecule has 12 heavy (non-hydrogen) atoms. The molecule has 1 amide bonds. The molecule has 0 aliphatic heterocycles. The normalized spacial score (nSPS) is 13.8. The number of carbonyl (C=O) groups is 1. The average Bonchev–Trinajstić information content (AvgIpc) is 1.82. The zero-order valence-corrected chi connectivity index (χ0v) is 9.60. The van der Waals surface area contributed by atoms with E-state index in [1.54, 1.807) is 0 Å². The lowest BCUT2D eigenvalue weighted by Crippen LogP contribution is -2.39. The lowest BCUT2D eigenvalue weighted by atomic mass is 10.3. The van der Waals surface area contributed by atoms with Gasteiger partial charge in [0.05, 0.1) is 0 Å². The summed E-state index contributed by atoms with van der Waals surface area (Å²) in [7, 11) is -1.71. The highest BCUT2D eigenvalue weighted by Gasteiger charge is 2.20. The molecule has 0 fully saturated rings. The number of rotatable bonds is 3. The second-order valence-corrected chi connectivity index (χ2v) is 8.38. The van der Waals surface area contributed by atoms with Crippen molar-refractivity contribution in [2.45, 2.75) is 46.0 Å². The molecule has 0 spiro atoms. The van der Waals surface area contributed by atoms with E-state index < -0.39 is 8.32 Å². The number of hydrogen-bond donors (Lipinski definition) is 1. The Kier molecular flexibility index (Phi) is 4.30. The fraction of sp³-hybridized carbons (Fsp3) is 0.875. The second-order valence-electron chi connectivity index (χ2n) is 3.96. The zero-order valence-electron chi connectivity index (χ0n) is 8.60. The fourth-order valence-electron chi connectivity index (χ4n) is 0.611. The maximum atomic E-state index is 11.1. The van der Waals surface area contributed by atoms with Crippen LogP contribution < -0.4 is 5.32 Å². The molecule has 0 aliphatic rings. The Labute approximate surface area is 75.6 Å². The van der Waals surface area contributed by atoms with Crippen LogP contribution in [0.25, 0.3) is 0 Å². The van der Waals surface area contributed by atoms with Crippen molar-refractivity contribution in [3.05, 3.63) is 0 Å². The molecule has 0 bridgehead atoms. The molecule has 1 unspecified atom stereocenters. The zero-order chi connectivity index (χ0) is 9.78. The molecule has 0 saturated carbocycles. The molecule has 0 aromatic carbocycles. The van der Waals surface area contributed by atoms with Crippen LogP contribution in [0.5, 0.6) is 0 Å². The van der Waals surface area contributed by atoms with E-state index in [2.05, 4.69) is 5.32 Å². The van der Waals surface area contributed by atoms with E-state index in [-0.39, 0.29) is 12.1 Å². The molecule has 0 aromatic heterocycles. The molecular weight excluding hydrogens is 170 g/mol. The SMILES string of the molecule is CCC(C)NC(=O)O[Si](C)(C)C. The molecule has 0 aromatic rings. The van der Waals surface area contributed by atoms with Crippen molar-refractivity contribution in [3.63, 3.8) is 0 Å². The van der Waals surface area contributed by atoms with Gasteiger partial charge in [-0.05, 0) is 33.0 Å². The van der Waals surface area contributed by atoms with Crippen molar-refractivity contribution in [1.82, 2.24) is 5.32 Å². The van der Waals surface area contributed by atoms with Gasteiger partial charge in [0.25, 0.3) is 0 Å². The minimum absolute atomic E-state index is 0.203. The molecule has 0 radical (unpaired) electrons. The first-order valence-corrected chi connectivity index (χ1v) is 7.75. The summed E-state index contributed by atoms with van der Waals surface area (Å²) in [5.74, 6) is 0. The molecular formula is C8H19NO2Si. The summed E-state index contributed by atoms with van der Waals surface area (Å²) in [5, 5.41) is 2.76. The van der Waals surface area contributed by atoms with Crippen LogP contribution in [0, 0.1) is 0 Å². The fourth-order valence-corrected chi connectivity index (χ4v) is 1.23. The van der Waals surface area contributed by atoms with Crippen LogP contribution >= 0.6 is 0 Å². The van der Waals surface area contributed by atoms with Gasteiger partial charge < -0.3 is 9.74 Å². The number of amides is 1. The van der Waals surface area contributed by atoms with E-state index in [0.29, 0.717) is 0 Å². The van der Waals surface area contributed by atoms with Crippen molar-refractivity contribution in [1.29, 1.82) is 0 Å². The van der Waals surface area contributed by atoms with Crippen molar-refractivity contribution in [2.75, 3.05) is 0 Å². The van der Waals surface area contributed by atoms with Crippen LogP contribution in [-0.4, -0.2) is 20.5 Å². The highest BCUT2D eigenvalue weighted by Crippen LogP contribution is 2.02. The van der Waals surface area contributed by atoms with Crippen LogP contribution in [0.15, 0.2) is 0 Å². The Balaban J connectivity index is 3.75. The summed E-state index contributed by atoms with van der Waals surface area (Å²) in [6.45, 7) is 9.96. The van der Waals surface area contributed by atoms with E-state index in [9.17, 15) is 4.79 Å². The van der Waals surface area contributed by atoms with Crippen LogP contribution in [-0.2, 0) is 4.43 Å². The molecule has 1 N–H and O–H groups in total. The third kappa shape index (κ3) is 6.21. The van der Waals surface area contributed by atoms with Crippen LogP contribution in [0.3, 0.4) is 0 Å². The molecule has 3 nitrogen and oxygen atoms in total. The Morgan fingerprint density at radius 2 is 2.00 bits per heavy atom. The quantitative estimate of drug-likeness (QED) is 0.692. The molecule has 0 aliphatic carbocycles. The lowest BCUT2D eigenvalue weighted by molar-refractivity contribution is 0.195. The maximum Gasteiger partial charge on any atom is 0.393 e. The molecule has 1 atom stereocenters. The van der Waals surface area contributed by atoms with Crippen molar-refractivity contribution in [2.24, 2.45) is 0 Å². The summed E-state index contributed by atoms with van der Waals surface area (Å²) in [6, 6.07) is 0.203. The van der Waals surface area contributed by atoms with E-state index >= 15 is 0 Å². The van der Waals surface area contributed by atoms with Crippen molar-refractivity contribution < 1.29 is 9.22 Å². The molecule has 0 rings (SSSR count). The minimum Gasteiger partial charge on any atom is -0.504 e. The topological polar surface area (TPSA) is 38.3 Å². The summed E-state index contributed by atoms with van der Waals surface area (Å²) in [4.78, 5) is 11.1. The summed E-state index contributed by atoms with van der Waals surface area (Å²) in [5.41, 5.74) is 0. The van der Waals surface area contributed by atoms with E-state index in [4.69, 9.17) is 4.43 Å². The average molecular weight is 189 g/mol. The Morgan fingerprint density at radius 3 is 2.33 bits per heavy atom. The van der Waals surface area contributed by atoms with Crippen LogP contribution in [0.4, 0.5) is 4.79 Å². The van der Waals surface area contributed by atoms with Gasteiger partial charge in [0.1, 0.15) is 0 Å². The standard InChI is InChI=1S/C8H19NO2Si/c1-6-7(2)9-8(10)11-12(3,4)5/h7H,6H2,1-5H3,(H,9,10). The van der Waals surface area contributed by atoms with Gasteiger partial charge in [-0.2, -0.15) is 0 Å². The van der Waals surface area contributed by atoms with E-state index in [1.807, 2.05) is 33.5 Å². The van der Waals surface area contributed by atoms with Crippen molar-refractivity contribution >= 4 is 14.4 Å². The molecule has 0 saturated heterocycles. The Morgan fingerprint density at radius 1 is 1.50 bits per heavy atom. The van der Waals surface area contributed by atoms with Gasteiger partial charge in [-0.15, -0.1) is 0 Å². The first-order chi connectivity index (χ1) is 5.35. The Bertz CT molecular complexity index is 154. The van der Waals surface area contributed by atoms with Gasteiger partial charge in [-0.3, -0.25) is 0 Å². The smallest absolute Gasteiger partial charge is 0.393 e. The van der Waals surface area contributed by atoms with E-state index in [0.717, 1.165) is 6.42 Å². The van der Waals surface area contributed by atoms with Crippen LogP contribution in [0.2, 0.25) is 19.6 Å². The summed E-state index contributed by atoms with van der Waals surface area (Å²) >= 11 is 0. The monoisotopic (exact) mass is 189 g/mol. The van der Waals surface area contributed by atoms with Gasteiger partial charge in [0, 0.05) is 6.04 Å². The first kappa shape index (κ1) is 11.5. The first-order valence-electron chi connectivity index (χ1n) is 4.34. The Hall–Kier alpha value is -0.513. The lowest BCUT2D eigenvalue weighted by Gasteiger charge is -2.19. The predicted molar refractivity (Wildman–Crippen MR) is 52.7 cm³/mol. The molecule has 0 heterocycles. The molecule has 4 heteroatoms. The largest absolute Gasteiger partial charge is 0.504 e. The number of nitrogens with one attached hydrogen (secondary N) is 1. The minimum atomic E-state index is -1.71. The highest BCUT2D eigenvalue weighted by atomic mass is 28.4. The van der Waals surface area contributed by atoms with Gasteiger partial charge in [0.2, 0.25) is 8.32 Å². The predicted octanol–water partition coefficient (Wildman–Crippen LogP) is 2.35. The summed E-state index contributed by atoms with van der Waals surface area (Å²) < 4.78 is 5.20. The van der Waals surface area contributed by atoms with Crippen molar-refractivity contribution in [3.8, 4) is 0 Å². The number of hydrogen-bond acceptors (Lipinski definition) is 2. The van der Waals surface area contributed by atoms with Gasteiger partial charge >= 0.3 is 6.09 Å². The van der Waals surface area contributed by atoms with Crippen LogP contribution in [0.1, 0.15) is 20.3 Å². The summed E-state index contributed by atoms with van der Waals surface area (Å²) in [6.07, 6.45) is 0.657. The highest BCUT2D eigenvalue weighted by molar-refractivity contribution is 6.71. The molecule has 72 valence electrons. The third-order valence-corrected chi connectivity index (χ3v) is 2.17. The van der Waals surface area contributed by atoms with Gasteiger partial charge in [-0.25, -0.2) is 4.79 Å². The second kappa shape index (κ2) is 4.50. The maximum absolute atomic E-state index is 11.1. The van der Waals surface area contributed by atoms with Gasteiger partial charge in [-0.1, -0.05) is 6.92 Å². The van der Waals surface area contributed by atoms with E-state index in [1.165, 1.54) is 0 Å². The van der Waals surface area contributed by atoms with Gasteiger partial charge in [0.15, 0.2) is 0 Å².